The van der Waals surface area contributed by atoms with E-state index in [9.17, 15) is 0 Å². The van der Waals surface area contributed by atoms with E-state index < -0.39 is 0 Å². The van der Waals surface area contributed by atoms with Crippen molar-refractivity contribution in [2.24, 2.45) is 34.5 Å². The van der Waals surface area contributed by atoms with Crippen molar-refractivity contribution in [1.29, 1.82) is 0 Å². The Morgan fingerprint density at radius 3 is 1.78 bits per heavy atom. The standard InChI is InChI=1S/C9H10/c1-2-5-7-6-4(1)8(6)3-9(5,7)8/h4-7H,1-3H2. The molecule has 6 rings (SSSR count). The average Bonchev–Trinajstić information content (AvgIpc) is 2.74. The fourth-order valence-corrected chi connectivity index (χ4v) is 5.63. The number of rotatable bonds is 0. The van der Waals surface area contributed by atoms with E-state index in [1.165, 1.54) is 23.7 Å². The van der Waals surface area contributed by atoms with Crippen LogP contribution in [0.2, 0.25) is 0 Å². The van der Waals surface area contributed by atoms with Crippen LogP contribution in [0.4, 0.5) is 0 Å². The van der Waals surface area contributed by atoms with Gasteiger partial charge in [-0.25, -0.2) is 0 Å². The largest absolute Gasteiger partial charge is 0.0493 e. The van der Waals surface area contributed by atoms with E-state index in [-0.39, 0.29) is 0 Å². The topological polar surface area (TPSA) is 0 Å². The van der Waals surface area contributed by atoms with Crippen molar-refractivity contribution < 1.29 is 0 Å². The van der Waals surface area contributed by atoms with Gasteiger partial charge in [0.25, 0.3) is 0 Å². The van der Waals surface area contributed by atoms with Gasteiger partial charge in [-0.2, -0.15) is 0 Å². The second-order valence-corrected chi connectivity index (χ2v) is 5.10. The van der Waals surface area contributed by atoms with Crippen LogP contribution in [0.15, 0.2) is 0 Å². The molecule has 46 valence electrons. The zero-order valence-corrected chi connectivity index (χ0v) is 5.43. The molecule has 0 aliphatic heterocycles. The Hall–Kier alpha value is 0. The molecule has 0 aromatic carbocycles. The van der Waals surface area contributed by atoms with Crippen molar-refractivity contribution in [1.82, 2.24) is 0 Å². The molecule has 6 aliphatic carbocycles. The van der Waals surface area contributed by atoms with Gasteiger partial charge in [0, 0.05) is 0 Å². The van der Waals surface area contributed by atoms with Crippen LogP contribution in [0.25, 0.3) is 0 Å². The Kier molecular flexibility index (Phi) is 0.204. The third kappa shape index (κ3) is 0.115. The second kappa shape index (κ2) is 0.538. The molecule has 0 aromatic heterocycles. The van der Waals surface area contributed by atoms with Gasteiger partial charge in [-0.3, -0.25) is 0 Å². The molecule has 0 aromatic rings. The first-order valence-corrected chi connectivity index (χ1v) is 4.43. The Bertz CT molecular complexity index is 213. The van der Waals surface area contributed by atoms with Crippen LogP contribution in [-0.2, 0) is 0 Å². The van der Waals surface area contributed by atoms with Crippen molar-refractivity contribution in [3.63, 3.8) is 0 Å². The maximum Gasteiger partial charge on any atom is -0.0164 e. The maximum absolute atomic E-state index is 1.70. The molecular formula is C9H10. The Balaban J connectivity index is 1.98. The summed E-state index contributed by atoms with van der Waals surface area (Å²) in [4.78, 5) is 0. The van der Waals surface area contributed by atoms with E-state index in [2.05, 4.69) is 0 Å². The number of hydrogen-bond acceptors (Lipinski definition) is 0. The monoisotopic (exact) mass is 118 g/mol. The Labute approximate surface area is 54.6 Å². The summed E-state index contributed by atoms with van der Waals surface area (Å²) in [5.74, 6) is 5.20. The van der Waals surface area contributed by atoms with E-state index >= 15 is 0 Å². The fourth-order valence-electron chi connectivity index (χ4n) is 5.63. The second-order valence-electron chi connectivity index (χ2n) is 5.10. The summed E-state index contributed by atoms with van der Waals surface area (Å²) < 4.78 is 0. The minimum atomic E-state index is 1.08. The predicted molar refractivity (Wildman–Crippen MR) is 32.7 cm³/mol. The maximum atomic E-state index is 1.70. The van der Waals surface area contributed by atoms with E-state index in [0.717, 1.165) is 10.8 Å². The number of fused-ring (bicyclic) bond motifs is 1. The van der Waals surface area contributed by atoms with Gasteiger partial charge in [0.15, 0.2) is 0 Å². The molecule has 0 nitrogen and oxygen atoms in total. The van der Waals surface area contributed by atoms with Crippen molar-refractivity contribution in [3.8, 4) is 0 Å². The van der Waals surface area contributed by atoms with Crippen LogP contribution in [-0.4, -0.2) is 0 Å². The van der Waals surface area contributed by atoms with Crippen molar-refractivity contribution in [2.75, 3.05) is 0 Å². The first-order valence-electron chi connectivity index (χ1n) is 4.43. The summed E-state index contributed by atoms with van der Waals surface area (Å²) in [5.41, 5.74) is 2.17. The van der Waals surface area contributed by atoms with Gasteiger partial charge < -0.3 is 0 Å². The molecular weight excluding hydrogens is 108 g/mol. The molecule has 0 heteroatoms. The third-order valence-electron chi connectivity index (χ3n) is 5.66. The summed E-state index contributed by atoms with van der Waals surface area (Å²) in [5, 5.41) is 0. The molecule has 6 unspecified atom stereocenters. The molecule has 9 heavy (non-hydrogen) atoms. The highest BCUT2D eigenvalue weighted by atomic mass is 15.1. The molecule has 2 spiro atoms. The summed E-state index contributed by atoms with van der Waals surface area (Å²) >= 11 is 0. The third-order valence-corrected chi connectivity index (χ3v) is 5.66. The van der Waals surface area contributed by atoms with Gasteiger partial charge in [0.2, 0.25) is 0 Å². The highest BCUT2D eigenvalue weighted by Crippen LogP contribution is 3.14. The molecule has 0 N–H and O–H groups in total. The smallest absolute Gasteiger partial charge is 0.0164 e. The Morgan fingerprint density at radius 2 is 1.44 bits per heavy atom. The highest BCUT2D eigenvalue weighted by Gasteiger charge is 3.09. The minimum Gasteiger partial charge on any atom is -0.0493 e. The summed E-state index contributed by atoms with van der Waals surface area (Å²) in [7, 11) is 0. The minimum absolute atomic E-state index is 1.08. The molecule has 0 saturated heterocycles. The van der Waals surface area contributed by atoms with Gasteiger partial charge in [0.05, 0.1) is 0 Å². The molecule has 6 fully saturated rings. The van der Waals surface area contributed by atoms with Gasteiger partial charge in [-0.1, -0.05) is 0 Å². The zero-order chi connectivity index (χ0) is 5.43. The van der Waals surface area contributed by atoms with E-state index in [0.29, 0.717) is 0 Å². The Morgan fingerprint density at radius 1 is 0.889 bits per heavy atom. The first kappa shape index (κ1) is 3.41. The van der Waals surface area contributed by atoms with Crippen LogP contribution < -0.4 is 0 Å². The molecule has 6 saturated carbocycles. The van der Waals surface area contributed by atoms with Gasteiger partial charge in [0.1, 0.15) is 0 Å². The lowest BCUT2D eigenvalue weighted by atomic mass is 10.0. The van der Waals surface area contributed by atoms with Crippen molar-refractivity contribution in [3.05, 3.63) is 0 Å². The van der Waals surface area contributed by atoms with Crippen LogP contribution >= 0.6 is 0 Å². The van der Waals surface area contributed by atoms with Gasteiger partial charge >= 0.3 is 0 Å². The molecule has 0 amide bonds. The summed E-state index contributed by atoms with van der Waals surface area (Å²) in [6, 6.07) is 0. The normalized spacial score (nSPS) is 98.7. The predicted octanol–water partition coefficient (Wildman–Crippen LogP) is 1.66. The lowest BCUT2D eigenvalue weighted by Gasteiger charge is -2.04. The molecule has 0 heterocycles. The van der Waals surface area contributed by atoms with Crippen LogP contribution in [0.5, 0.6) is 0 Å². The van der Waals surface area contributed by atoms with Crippen LogP contribution in [0.3, 0.4) is 0 Å². The molecule has 0 radical (unpaired) electrons. The van der Waals surface area contributed by atoms with Crippen molar-refractivity contribution in [2.45, 2.75) is 19.3 Å². The summed E-state index contributed by atoms with van der Waals surface area (Å²) in [6.07, 6.45) is 4.96. The molecule has 2 bridgehead atoms. The highest BCUT2D eigenvalue weighted by molar-refractivity contribution is 5.56. The van der Waals surface area contributed by atoms with Crippen molar-refractivity contribution >= 4 is 0 Å². The average molecular weight is 118 g/mol. The van der Waals surface area contributed by atoms with Crippen LogP contribution in [0.1, 0.15) is 19.3 Å². The van der Waals surface area contributed by atoms with E-state index in [1.54, 1.807) is 19.3 Å². The lowest BCUT2D eigenvalue weighted by molar-refractivity contribution is 0.434. The number of hydrogen-bond donors (Lipinski definition) is 0. The quantitative estimate of drug-likeness (QED) is 0.454. The van der Waals surface area contributed by atoms with Crippen LogP contribution in [0, 0.1) is 34.5 Å². The fraction of sp³-hybridized carbons (Fsp3) is 1.00. The molecule has 6 aliphatic rings. The molecule has 6 atom stereocenters. The SMILES string of the molecule is C1CC2C3C4C1C41CC231. The lowest BCUT2D eigenvalue weighted by Crippen LogP contribution is -2.00. The zero-order valence-electron chi connectivity index (χ0n) is 5.43. The van der Waals surface area contributed by atoms with Gasteiger partial charge in [-0.15, -0.1) is 0 Å². The van der Waals surface area contributed by atoms with Gasteiger partial charge in [-0.05, 0) is 53.8 Å². The first-order chi connectivity index (χ1) is 4.43. The van der Waals surface area contributed by atoms with E-state index in [4.69, 9.17) is 0 Å². The summed E-state index contributed by atoms with van der Waals surface area (Å²) in [6.45, 7) is 0. The van der Waals surface area contributed by atoms with E-state index in [1.807, 2.05) is 0 Å².